The Labute approximate surface area is 137 Å². The Balaban J connectivity index is 2.11. The van der Waals surface area contributed by atoms with Gasteiger partial charge in [0.15, 0.2) is 17.4 Å². The van der Waals surface area contributed by atoms with Crippen molar-refractivity contribution in [2.45, 2.75) is 26.9 Å². The van der Waals surface area contributed by atoms with Crippen LogP contribution in [0.3, 0.4) is 0 Å². The molecular formula is C20H23N2O+. The Morgan fingerprint density at radius 2 is 1.74 bits per heavy atom. The highest BCUT2D eigenvalue weighted by Crippen LogP contribution is 2.43. The molecule has 2 unspecified atom stereocenters. The molecule has 1 aliphatic rings. The number of aryl methyl sites for hydroxylation is 2. The molecule has 1 aromatic heterocycles. The molecule has 2 heterocycles. The first-order valence-corrected chi connectivity index (χ1v) is 8.12. The number of fused-ring (bicyclic) bond motifs is 3. The molecule has 0 spiro atoms. The van der Waals surface area contributed by atoms with Crippen molar-refractivity contribution < 1.29 is 4.42 Å². The normalized spacial score (nSPS) is 24.2. The second-order valence-corrected chi connectivity index (χ2v) is 6.90. The minimum atomic E-state index is 0.341. The second-order valence-electron chi connectivity index (χ2n) is 6.90. The van der Waals surface area contributed by atoms with Crippen LogP contribution in [0.4, 0.5) is 5.69 Å². The fraction of sp³-hybridized carbons (Fsp3) is 0.300. The van der Waals surface area contributed by atoms with Crippen LogP contribution in [-0.2, 0) is 0 Å². The minimum absolute atomic E-state index is 0.341. The van der Waals surface area contributed by atoms with E-state index in [1.807, 2.05) is 0 Å². The second kappa shape index (κ2) is 4.62. The van der Waals surface area contributed by atoms with Gasteiger partial charge >= 0.3 is 0 Å². The molecule has 0 fully saturated rings. The van der Waals surface area contributed by atoms with Crippen molar-refractivity contribution in [3.63, 3.8) is 0 Å². The lowest BCUT2D eigenvalue weighted by Gasteiger charge is -2.34. The molecule has 2 aromatic carbocycles. The summed E-state index contributed by atoms with van der Waals surface area (Å²) in [7, 11) is 4.38. The molecule has 23 heavy (non-hydrogen) atoms. The highest BCUT2D eigenvalue weighted by Gasteiger charge is 2.40. The van der Waals surface area contributed by atoms with Gasteiger partial charge in [0.05, 0.1) is 13.2 Å². The van der Waals surface area contributed by atoms with E-state index in [0.29, 0.717) is 6.17 Å². The first-order valence-electron chi connectivity index (χ1n) is 8.12. The maximum Gasteiger partial charge on any atom is 0.196 e. The number of benzene rings is 2. The SMILES string of the molecule is Cc1ccc2c(oc3c(C)cccc32)c1[N+]1(C)C=CN(C)C1C. The molecule has 3 nitrogen and oxygen atoms in total. The van der Waals surface area contributed by atoms with Gasteiger partial charge in [-0.3, -0.25) is 0 Å². The third-order valence-corrected chi connectivity index (χ3v) is 5.50. The molecule has 0 radical (unpaired) electrons. The number of hydrogen-bond donors (Lipinski definition) is 0. The van der Waals surface area contributed by atoms with Gasteiger partial charge in [-0.15, -0.1) is 0 Å². The summed E-state index contributed by atoms with van der Waals surface area (Å²) >= 11 is 0. The zero-order chi connectivity index (χ0) is 16.4. The maximum absolute atomic E-state index is 6.39. The minimum Gasteiger partial charge on any atom is -0.449 e. The molecule has 2 atom stereocenters. The first-order chi connectivity index (χ1) is 10.9. The number of rotatable bonds is 1. The highest BCUT2D eigenvalue weighted by molar-refractivity contribution is 6.10. The fourth-order valence-corrected chi connectivity index (χ4v) is 3.82. The van der Waals surface area contributed by atoms with E-state index >= 15 is 0 Å². The summed E-state index contributed by atoms with van der Waals surface area (Å²) in [6.45, 7) is 6.54. The lowest BCUT2D eigenvalue weighted by molar-refractivity contribution is 0.226. The van der Waals surface area contributed by atoms with Gasteiger partial charge in [0.1, 0.15) is 11.8 Å². The van der Waals surface area contributed by atoms with Crippen molar-refractivity contribution in [3.05, 3.63) is 53.9 Å². The fourth-order valence-electron chi connectivity index (χ4n) is 3.82. The maximum atomic E-state index is 6.39. The van der Waals surface area contributed by atoms with E-state index < -0.39 is 0 Å². The summed E-state index contributed by atoms with van der Waals surface area (Å²) in [5, 5.41) is 2.41. The van der Waals surface area contributed by atoms with Gasteiger partial charge in [-0.2, -0.15) is 0 Å². The quantitative estimate of drug-likeness (QED) is 0.594. The van der Waals surface area contributed by atoms with Crippen molar-refractivity contribution in [1.82, 2.24) is 9.38 Å². The first kappa shape index (κ1) is 14.3. The van der Waals surface area contributed by atoms with Crippen LogP contribution in [0.5, 0.6) is 0 Å². The van der Waals surface area contributed by atoms with Crippen LogP contribution in [0.25, 0.3) is 21.9 Å². The topological polar surface area (TPSA) is 16.4 Å². The van der Waals surface area contributed by atoms with Crippen molar-refractivity contribution in [1.29, 1.82) is 0 Å². The van der Waals surface area contributed by atoms with Crippen LogP contribution >= 0.6 is 0 Å². The van der Waals surface area contributed by atoms with Crippen molar-refractivity contribution in [2.24, 2.45) is 0 Å². The third-order valence-electron chi connectivity index (χ3n) is 5.50. The van der Waals surface area contributed by atoms with Gasteiger partial charge in [0.2, 0.25) is 0 Å². The molecule has 1 aliphatic heterocycles. The summed E-state index contributed by atoms with van der Waals surface area (Å²) in [6.07, 6.45) is 4.76. The van der Waals surface area contributed by atoms with E-state index in [-0.39, 0.29) is 0 Å². The summed E-state index contributed by atoms with van der Waals surface area (Å²) in [5.41, 5.74) is 5.73. The molecule has 0 saturated carbocycles. The molecule has 0 amide bonds. The van der Waals surface area contributed by atoms with Crippen molar-refractivity contribution in [3.8, 4) is 0 Å². The lowest BCUT2D eigenvalue weighted by atomic mass is 10.1. The molecule has 0 N–H and O–H groups in total. The van der Waals surface area contributed by atoms with Crippen LogP contribution in [0.1, 0.15) is 18.1 Å². The van der Waals surface area contributed by atoms with Gasteiger partial charge in [-0.05, 0) is 25.5 Å². The summed E-state index contributed by atoms with van der Waals surface area (Å²) in [4.78, 5) is 2.26. The molecular weight excluding hydrogens is 284 g/mol. The zero-order valence-corrected chi connectivity index (χ0v) is 14.4. The Bertz CT molecular complexity index is 953. The Hall–Kier alpha value is -2.26. The van der Waals surface area contributed by atoms with E-state index in [4.69, 9.17) is 4.42 Å². The van der Waals surface area contributed by atoms with Crippen LogP contribution in [0.2, 0.25) is 0 Å². The van der Waals surface area contributed by atoms with E-state index in [1.165, 1.54) is 27.6 Å². The van der Waals surface area contributed by atoms with Crippen molar-refractivity contribution in [2.75, 3.05) is 14.1 Å². The zero-order valence-electron chi connectivity index (χ0n) is 14.4. The largest absolute Gasteiger partial charge is 0.449 e. The standard InChI is InChI=1S/C20H23N2O/c1-13-9-10-17-16-8-6-7-14(2)19(16)23-20(17)18(13)22(5)12-11-21(4)15(22)3/h6-12,15H,1-5H3/q+1. The van der Waals surface area contributed by atoms with E-state index in [1.54, 1.807) is 0 Å². The number of hydrogen-bond acceptors (Lipinski definition) is 2. The van der Waals surface area contributed by atoms with Crippen LogP contribution in [0.15, 0.2) is 47.1 Å². The van der Waals surface area contributed by atoms with Gasteiger partial charge in [-0.25, -0.2) is 4.48 Å². The van der Waals surface area contributed by atoms with E-state index in [0.717, 1.165) is 15.6 Å². The predicted octanol–water partition coefficient (Wildman–Crippen LogP) is 4.90. The van der Waals surface area contributed by atoms with Gasteiger partial charge in [0, 0.05) is 30.3 Å². The number of para-hydroxylation sites is 1. The summed E-state index contributed by atoms with van der Waals surface area (Å²) < 4.78 is 7.12. The van der Waals surface area contributed by atoms with Gasteiger partial charge in [-0.1, -0.05) is 24.3 Å². The number of quaternary nitrogens is 1. The van der Waals surface area contributed by atoms with Gasteiger partial charge in [0.25, 0.3) is 0 Å². The third kappa shape index (κ3) is 1.80. The Kier molecular flexibility index (Phi) is 2.88. The average molecular weight is 307 g/mol. The Morgan fingerprint density at radius 1 is 1.00 bits per heavy atom. The van der Waals surface area contributed by atoms with Crippen LogP contribution in [-0.4, -0.2) is 25.2 Å². The number of nitrogens with zero attached hydrogens (tertiary/aromatic N) is 2. The lowest BCUT2D eigenvalue weighted by Crippen LogP contribution is -2.49. The molecule has 118 valence electrons. The van der Waals surface area contributed by atoms with Crippen LogP contribution in [0, 0.1) is 13.8 Å². The molecule has 3 heteroatoms. The van der Waals surface area contributed by atoms with E-state index in [9.17, 15) is 0 Å². The smallest absolute Gasteiger partial charge is 0.196 e. The summed E-state index contributed by atoms with van der Waals surface area (Å²) in [5.74, 6) is 0. The molecule has 3 aromatic rings. The summed E-state index contributed by atoms with van der Waals surface area (Å²) in [6, 6.07) is 10.8. The van der Waals surface area contributed by atoms with Crippen LogP contribution < -0.4 is 4.48 Å². The molecule has 0 bridgehead atoms. The van der Waals surface area contributed by atoms with E-state index in [2.05, 4.69) is 82.5 Å². The van der Waals surface area contributed by atoms with Gasteiger partial charge < -0.3 is 9.32 Å². The Morgan fingerprint density at radius 3 is 2.43 bits per heavy atom. The average Bonchev–Trinajstić information content (AvgIpc) is 3.02. The molecule has 0 saturated heterocycles. The molecule has 4 rings (SSSR count). The van der Waals surface area contributed by atoms with Crippen molar-refractivity contribution >= 4 is 27.6 Å². The molecule has 0 aliphatic carbocycles. The highest BCUT2D eigenvalue weighted by atomic mass is 16.3. The number of furan rings is 1. The predicted molar refractivity (Wildman–Crippen MR) is 97.3 cm³/mol. The monoisotopic (exact) mass is 307 g/mol.